The predicted octanol–water partition coefficient (Wildman–Crippen LogP) is 2.44. The third-order valence-electron chi connectivity index (χ3n) is 7.83. The molecule has 0 radical (unpaired) electrons. The molecule has 1 unspecified atom stereocenters. The van der Waals surface area contributed by atoms with Crippen molar-refractivity contribution in [3.63, 3.8) is 0 Å². The average molecular weight is 611 g/mol. The van der Waals surface area contributed by atoms with E-state index in [2.05, 4.69) is 107 Å². The minimum absolute atomic E-state index is 0. The number of rotatable bonds is 2. The Morgan fingerprint density at radius 2 is 1.64 bits per heavy atom. The van der Waals surface area contributed by atoms with Crippen molar-refractivity contribution in [1.29, 1.82) is 0 Å². The molecule has 0 fully saturated rings. The van der Waals surface area contributed by atoms with Gasteiger partial charge in [0.1, 0.15) is 8.07 Å². The first-order chi connectivity index (χ1) is 16.1. The summed E-state index contributed by atoms with van der Waals surface area (Å²) >= 11 is 1.60. The van der Waals surface area contributed by atoms with Crippen molar-refractivity contribution in [3.8, 4) is 11.1 Å². The largest absolute Gasteiger partial charge is 1.00 e. The van der Waals surface area contributed by atoms with Crippen molar-refractivity contribution in [2.75, 3.05) is 0 Å². The molecule has 0 saturated heterocycles. The summed E-state index contributed by atoms with van der Waals surface area (Å²) < 4.78 is 0.654. The molecule has 2 aliphatic carbocycles. The van der Waals surface area contributed by atoms with Gasteiger partial charge in [-0.15, -0.1) is 0 Å². The summed E-state index contributed by atoms with van der Waals surface area (Å²) in [6.07, 6.45) is 7.69. The molecule has 2 aromatic carbocycles. The van der Waals surface area contributed by atoms with Crippen molar-refractivity contribution in [2.24, 2.45) is 4.99 Å². The van der Waals surface area contributed by atoms with Crippen LogP contribution < -0.4 is 24.8 Å². The summed E-state index contributed by atoms with van der Waals surface area (Å²) in [7, 11) is -1.13. The number of fused-ring (bicyclic) bond motifs is 1. The maximum Gasteiger partial charge on any atom is -1.00 e. The van der Waals surface area contributed by atoms with Gasteiger partial charge in [-0.3, -0.25) is 4.99 Å². The molecule has 1 atom stereocenters. The number of benzene rings is 2. The fourth-order valence-electron chi connectivity index (χ4n) is 6.05. The molecule has 2 bridgehead atoms. The minimum atomic E-state index is -1.13. The van der Waals surface area contributed by atoms with Crippen LogP contribution in [-0.4, -0.2) is 13.8 Å². The van der Waals surface area contributed by atoms with Gasteiger partial charge in [-0.05, 0) is 29.0 Å². The van der Waals surface area contributed by atoms with Crippen LogP contribution >= 0.6 is 0 Å². The Morgan fingerprint density at radius 1 is 0.972 bits per heavy atom. The molecule has 7 rings (SSSR count). The molecule has 1 nitrogen and oxygen atoms in total. The molecule has 0 amide bonds. The predicted molar refractivity (Wildman–Crippen MR) is 145 cm³/mol. The minimum Gasteiger partial charge on any atom is -1.00 e. The number of nitrogens with zero attached hydrogens (tertiary/aromatic N) is 1. The van der Waals surface area contributed by atoms with Crippen LogP contribution in [0.4, 0.5) is 0 Å². The fraction of sp³-hybridized carbons (Fsp3) is 0.323. The van der Waals surface area contributed by atoms with Crippen LogP contribution in [0.15, 0.2) is 86.8 Å². The number of aliphatic imine (C=N–C) groups is 1. The molecular weight excluding hydrogens is 577 g/mol. The third kappa shape index (κ3) is 4.60. The molecule has 0 spiro atoms. The quantitative estimate of drug-likeness (QED) is 0.464. The molecule has 2 aromatic rings. The Bertz CT molecular complexity index is 1350. The van der Waals surface area contributed by atoms with Crippen LogP contribution in [0, 0.1) is 0 Å². The SMILES string of the molecule is CC1=C2C3=NC=CC3=C1[Si]2(C)C.CCC1=Cc2c(-c3ccc(C(C)(C)C)cc3)cccc2[CH]1[Zr+2].[Cl-].[Cl-]. The number of allylic oxidation sites excluding steroid dienone is 6. The van der Waals surface area contributed by atoms with Gasteiger partial charge < -0.3 is 24.8 Å². The van der Waals surface area contributed by atoms with Crippen LogP contribution in [0.25, 0.3) is 17.2 Å². The van der Waals surface area contributed by atoms with E-state index in [4.69, 9.17) is 0 Å². The summed E-state index contributed by atoms with van der Waals surface area (Å²) in [5.41, 5.74) is 13.2. The van der Waals surface area contributed by atoms with E-state index in [1.165, 1.54) is 44.7 Å². The van der Waals surface area contributed by atoms with Crippen molar-refractivity contribution in [1.82, 2.24) is 0 Å². The van der Waals surface area contributed by atoms with Crippen molar-refractivity contribution >= 4 is 19.9 Å². The Hall–Kier alpha value is -1.25. The number of hydrogen-bond acceptors (Lipinski definition) is 1. The van der Waals surface area contributed by atoms with E-state index in [1.807, 2.05) is 6.20 Å². The fourth-order valence-corrected chi connectivity index (χ4v) is 11.2. The zero-order chi connectivity index (χ0) is 24.4. The summed E-state index contributed by atoms with van der Waals surface area (Å²) in [4.78, 5) is 4.42. The molecule has 3 aliphatic heterocycles. The van der Waals surface area contributed by atoms with Gasteiger partial charge in [-0.25, -0.2) is 0 Å². The van der Waals surface area contributed by atoms with E-state index in [0.29, 0.717) is 3.63 Å². The van der Waals surface area contributed by atoms with E-state index in [0.717, 1.165) is 6.42 Å². The van der Waals surface area contributed by atoms with Gasteiger partial charge in [0, 0.05) is 11.8 Å². The Balaban J connectivity index is 0.000000218. The maximum absolute atomic E-state index is 4.42. The summed E-state index contributed by atoms with van der Waals surface area (Å²) in [5, 5.41) is 3.27. The standard InChI is InChI=1S/C21H23.C10H11NSi.2ClH.Zr/c1-5-15-13-17-7-6-8-19(20(17)14-15)16-9-11-18(12-10-16)21(2,3)4;1-6-9-7-4-5-11-8(7)10(6)12(9,2)3;;;/h6-14H,5H2,1-4H3;4-5H,1-3H3;2*1H;/q;;;;+2/p-2. The molecule has 3 heterocycles. The van der Waals surface area contributed by atoms with Crippen molar-refractivity contribution < 1.29 is 49.5 Å². The molecule has 0 saturated carbocycles. The number of halogens is 2. The molecule has 0 N–H and O–H groups in total. The van der Waals surface area contributed by atoms with Gasteiger partial charge in [-0.1, -0.05) is 13.1 Å². The van der Waals surface area contributed by atoms with Crippen molar-refractivity contribution in [3.05, 3.63) is 98.5 Å². The summed E-state index contributed by atoms with van der Waals surface area (Å²) in [5.74, 6) is 0. The molecule has 5 heteroatoms. The smallest absolute Gasteiger partial charge is 1.00 e. The second-order valence-corrected chi connectivity index (χ2v) is 17.0. The van der Waals surface area contributed by atoms with Crippen LogP contribution in [0.2, 0.25) is 13.1 Å². The van der Waals surface area contributed by atoms with Gasteiger partial charge in [0.05, 0.1) is 5.71 Å². The van der Waals surface area contributed by atoms with Gasteiger partial charge in [0.15, 0.2) is 0 Å². The van der Waals surface area contributed by atoms with E-state index < -0.39 is 8.07 Å². The zero-order valence-electron chi connectivity index (χ0n) is 22.3. The summed E-state index contributed by atoms with van der Waals surface area (Å²) in [6, 6.07) is 15.9. The molecular formula is C31H34Cl2NSiZr. The van der Waals surface area contributed by atoms with Gasteiger partial charge in [0.25, 0.3) is 0 Å². The van der Waals surface area contributed by atoms with E-state index in [-0.39, 0.29) is 30.2 Å². The van der Waals surface area contributed by atoms with Crippen LogP contribution in [0.3, 0.4) is 0 Å². The maximum atomic E-state index is 4.42. The summed E-state index contributed by atoms with van der Waals surface area (Å²) in [6.45, 7) is 16.2. The van der Waals surface area contributed by atoms with Gasteiger partial charge in [0.2, 0.25) is 0 Å². The van der Waals surface area contributed by atoms with Gasteiger partial charge >= 0.3 is 150 Å². The Morgan fingerprint density at radius 3 is 2.19 bits per heavy atom. The van der Waals surface area contributed by atoms with E-state index >= 15 is 0 Å². The van der Waals surface area contributed by atoms with E-state index in [1.54, 1.807) is 40.7 Å². The third-order valence-corrected chi connectivity index (χ3v) is 13.3. The number of hydrogen-bond donors (Lipinski definition) is 0. The molecule has 0 aromatic heterocycles. The monoisotopic (exact) mass is 608 g/mol. The zero-order valence-corrected chi connectivity index (χ0v) is 27.2. The molecule has 185 valence electrons. The molecule has 5 aliphatic rings. The second-order valence-electron chi connectivity index (χ2n) is 11.3. The average Bonchev–Trinajstić information content (AvgIpc) is 3.49. The first kappa shape index (κ1) is 29.3. The van der Waals surface area contributed by atoms with Crippen LogP contribution in [0.5, 0.6) is 0 Å². The normalized spacial score (nSPS) is 19.9. The Kier molecular flexibility index (Phi) is 8.54. The molecule has 36 heavy (non-hydrogen) atoms. The Labute approximate surface area is 245 Å². The van der Waals surface area contributed by atoms with E-state index in [9.17, 15) is 0 Å². The van der Waals surface area contributed by atoms with Crippen LogP contribution in [0.1, 0.15) is 61.4 Å². The van der Waals surface area contributed by atoms with Gasteiger partial charge in [-0.2, -0.15) is 0 Å². The first-order valence-electron chi connectivity index (χ1n) is 12.4. The topological polar surface area (TPSA) is 12.4 Å². The first-order valence-corrected chi connectivity index (χ1v) is 16.8. The van der Waals surface area contributed by atoms with Crippen LogP contribution in [-0.2, 0) is 30.1 Å². The second kappa shape index (κ2) is 10.5. The van der Waals surface area contributed by atoms with Crippen molar-refractivity contribution in [2.45, 2.75) is 63.2 Å².